The number of carbonyl (C=O) groups is 1. The van der Waals surface area contributed by atoms with E-state index in [0.29, 0.717) is 5.75 Å². The topological polar surface area (TPSA) is 50.8 Å². The maximum Gasteiger partial charge on any atom is 0.343 e. The Morgan fingerprint density at radius 1 is 1.37 bits per heavy atom. The molecule has 2 rings (SSSR count). The molecule has 0 saturated carbocycles. The van der Waals surface area contributed by atoms with Crippen molar-refractivity contribution >= 4 is 5.97 Å². The Kier molecular flexibility index (Phi) is 5.18. The van der Waals surface area contributed by atoms with Crippen molar-refractivity contribution in [1.29, 1.82) is 0 Å². The average molecular weight is 264 g/mol. The van der Waals surface area contributed by atoms with Gasteiger partial charge in [0.1, 0.15) is 5.75 Å². The van der Waals surface area contributed by atoms with Crippen molar-refractivity contribution in [3.63, 3.8) is 0 Å². The second-order valence-electron chi connectivity index (χ2n) is 4.54. The largest absolute Gasteiger partial charge is 0.482 e. The van der Waals surface area contributed by atoms with E-state index in [4.69, 9.17) is 4.74 Å². The van der Waals surface area contributed by atoms with E-state index >= 15 is 0 Å². The summed E-state index contributed by atoms with van der Waals surface area (Å²) in [4.78, 5) is 13.4. The predicted octanol–water partition coefficient (Wildman–Crippen LogP) is 0.644. The van der Waals surface area contributed by atoms with Gasteiger partial charge in [0.2, 0.25) is 0 Å². The first-order valence-electron chi connectivity index (χ1n) is 6.49. The minimum Gasteiger partial charge on any atom is -0.482 e. The molecule has 1 aliphatic rings. The zero-order chi connectivity index (χ0) is 13.5. The summed E-state index contributed by atoms with van der Waals surface area (Å²) >= 11 is 0. The van der Waals surface area contributed by atoms with E-state index in [9.17, 15) is 4.79 Å². The van der Waals surface area contributed by atoms with Gasteiger partial charge in [0.25, 0.3) is 0 Å². The van der Waals surface area contributed by atoms with E-state index in [1.165, 1.54) is 12.7 Å². The number of hydrogen-bond acceptors (Lipinski definition) is 5. The summed E-state index contributed by atoms with van der Waals surface area (Å²) in [5, 5.41) is 3.33. The van der Waals surface area contributed by atoms with Gasteiger partial charge in [0, 0.05) is 32.7 Å². The summed E-state index contributed by atoms with van der Waals surface area (Å²) in [7, 11) is 1.35. The highest BCUT2D eigenvalue weighted by molar-refractivity contribution is 5.70. The Balaban J connectivity index is 1.88. The molecule has 0 aromatic heterocycles. The number of carbonyl (C=O) groups excluding carboxylic acids is 1. The molecule has 0 unspecified atom stereocenters. The molecule has 104 valence electrons. The van der Waals surface area contributed by atoms with Gasteiger partial charge in [-0.15, -0.1) is 0 Å². The summed E-state index contributed by atoms with van der Waals surface area (Å²) in [5.41, 5.74) is 1.20. The molecule has 1 saturated heterocycles. The van der Waals surface area contributed by atoms with E-state index in [1.807, 2.05) is 18.2 Å². The SMILES string of the molecule is COC(=O)COc1cccc(CN2CCNCC2)c1. The monoisotopic (exact) mass is 264 g/mol. The first-order valence-corrected chi connectivity index (χ1v) is 6.49. The minimum atomic E-state index is -0.368. The van der Waals surface area contributed by atoms with E-state index in [-0.39, 0.29) is 12.6 Å². The number of nitrogens with zero attached hydrogens (tertiary/aromatic N) is 1. The summed E-state index contributed by atoms with van der Waals surface area (Å²) in [5.74, 6) is 0.338. The van der Waals surface area contributed by atoms with Gasteiger partial charge >= 0.3 is 5.97 Å². The van der Waals surface area contributed by atoms with Gasteiger partial charge < -0.3 is 14.8 Å². The summed E-state index contributed by atoms with van der Waals surface area (Å²) in [6, 6.07) is 7.85. The lowest BCUT2D eigenvalue weighted by atomic mass is 10.2. The van der Waals surface area contributed by atoms with Crippen molar-refractivity contribution in [2.45, 2.75) is 6.54 Å². The van der Waals surface area contributed by atoms with E-state index < -0.39 is 0 Å². The van der Waals surface area contributed by atoms with Crippen LogP contribution >= 0.6 is 0 Å². The smallest absolute Gasteiger partial charge is 0.343 e. The number of benzene rings is 1. The van der Waals surface area contributed by atoms with Crippen molar-refractivity contribution in [2.75, 3.05) is 39.9 Å². The third kappa shape index (κ3) is 4.54. The van der Waals surface area contributed by atoms with Crippen LogP contribution in [0, 0.1) is 0 Å². The molecule has 19 heavy (non-hydrogen) atoms. The molecule has 0 amide bonds. The van der Waals surface area contributed by atoms with Crippen molar-refractivity contribution in [3.8, 4) is 5.75 Å². The quantitative estimate of drug-likeness (QED) is 0.791. The van der Waals surface area contributed by atoms with Crippen LogP contribution < -0.4 is 10.1 Å². The summed E-state index contributed by atoms with van der Waals surface area (Å²) < 4.78 is 9.93. The Morgan fingerprint density at radius 2 is 2.16 bits per heavy atom. The predicted molar refractivity (Wildman–Crippen MR) is 72.1 cm³/mol. The first-order chi connectivity index (χ1) is 9.28. The van der Waals surface area contributed by atoms with Crippen LogP contribution in [0.2, 0.25) is 0 Å². The van der Waals surface area contributed by atoms with Crippen molar-refractivity contribution in [2.24, 2.45) is 0 Å². The highest BCUT2D eigenvalue weighted by atomic mass is 16.6. The van der Waals surface area contributed by atoms with Crippen LogP contribution in [0.25, 0.3) is 0 Å². The van der Waals surface area contributed by atoms with Gasteiger partial charge in [-0.25, -0.2) is 4.79 Å². The van der Waals surface area contributed by atoms with Crippen LogP contribution in [-0.4, -0.2) is 50.8 Å². The van der Waals surface area contributed by atoms with Crippen LogP contribution in [0.3, 0.4) is 0 Å². The van der Waals surface area contributed by atoms with Gasteiger partial charge in [-0.3, -0.25) is 4.90 Å². The molecule has 5 heteroatoms. The second kappa shape index (κ2) is 7.11. The normalized spacial score (nSPS) is 16.1. The highest BCUT2D eigenvalue weighted by Crippen LogP contribution is 2.15. The molecule has 0 atom stereocenters. The molecule has 1 aromatic rings. The zero-order valence-electron chi connectivity index (χ0n) is 11.2. The lowest BCUT2D eigenvalue weighted by molar-refractivity contribution is -0.142. The molecule has 0 radical (unpaired) electrons. The fourth-order valence-electron chi connectivity index (χ4n) is 2.06. The van der Waals surface area contributed by atoms with Gasteiger partial charge in [-0.05, 0) is 17.7 Å². The standard InChI is InChI=1S/C14H20N2O3/c1-18-14(17)11-19-13-4-2-3-12(9-13)10-16-7-5-15-6-8-16/h2-4,9,15H,5-8,10-11H2,1H3. The number of ether oxygens (including phenoxy) is 2. The Labute approximate surface area is 113 Å². The lowest BCUT2D eigenvalue weighted by Gasteiger charge is -2.27. The molecular weight excluding hydrogens is 244 g/mol. The van der Waals surface area contributed by atoms with Gasteiger partial charge in [-0.1, -0.05) is 12.1 Å². The zero-order valence-corrected chi connectivity index (χ0v) is 11.2. The fraction of sp³-hybridized carbons (Fsp3) is 0.500. The minimum absolute atomic E-state index is 0.0480. The van der Waals surface area contributed by atoms with Gasteiger partial charge in [0.05, 0.1) is 7.11 Å². The van der Waals surface area contributed by atoms with Crippen LogP contribution in [0.4, 0.5) is 0 Å². The van der Waals surface area contributed by atoms with Crippen LogP contribution in [0.5, 0.6) is 5.75 Å². The second-order valence-corrected chi connectivity index (χ2v) is 4.54. The number of nitrogens with one attached hydrogen (secondary N) is 1. The van der Waals surface area contributed by atoms with Gasteiger partial charge in [-0.2, -0.15) is 0 Å². The number of esters is 1. The number of hydrogen-bond donors (Lipinski definition) is 1. The van der Waals surface area contributed by atoms with Crippen molar-refractivity contribution in [1.82, 2.24) is 10.2 Å². The first kappa shape index (κ1) is 13.8. The van der Waals surface area contributed by atoms with E-state index in [0.717, 1.165) is 32.7 Å². The number of rotatable bonds is 5. The molecule has 1 aliphatic heterocycles. The molecule has 1 fully saturated rings. The summed E-state index contributed by atoms with van der Waals surface area (Å²) in [6.07, 6.45) is 0. The van der Waals surface area contributed by atoms with E-state index in [2.05, 4.69) is 21.0 Å². The molecule has 1 heterocycles. The molecular formula is C14H20N2O3. The molecule has 1 aromatic carbocycles. The van der Waals surface area contributed by atoms with Crippen molar-refractivity contribution in [3.05, 3.63) is 29.8 Å². The van der Waals surface area contributed by atoms with Crippen molar-refractivity contribution < 1.29 is 14.3 Å². The average Bonchev–Trinajstić information content (AvgIpc) is 2.46. The molecule has 0 aliphatic carbocycles. The molecule has 5 nitrogen and oxygen atoms in total. The fourth-order valence-corrected chi connectivity index (χ4v) is 2.06. The maximum absolute atomic E-state index is 11.0. The summed E-state index contributed by atoms with van der Waals surface area (Å²) in [6.45, 7) is 5.07. The Morgan fingerprint density at radius 3 is 2.89 bits per heavy atom. The van der Waals surface area contributed by atoms with Gasteiger partial charge in [0.15, 0.2) is 6.61 Å². The molecule has 0 bridgehead atoms. The molecule has 1 N–H and O–H groups in total. The van der Waals surface area contributed by atoms with Crippen LogP contribution in [-0.2, 0) is 16.1 Å². The number of methoxy groups -OCH3 is 1. The van der Waals surface area contributed by atoms with E-state index in [1.54, 1.807) is 0 Å². The maximum atomic E-state index is 11.0. The van der Waals surface area contributed by atoms with Crippen LogP contribution in [0.1, 0.15) is 5.56 Å². The highest BCUT2D eigenvalue weighted by Gasteiger charge is 2.10. The molecule has 0 spiro atoms. The third-order valence-corrected chi connectivity index (χ3v) is 3.10. The lowest BCUT2D eigenvalue weighted by Crippen LogP contribution is -2.42. The number of piperazine rings is 1. The van der Waals surface area contributed by atoms with Crippen LogP contribution in [0.15, 0.2) is 24.3 Å². The Bertz CT molecular complexity index is 417. The Hall–Kier alpha value is -1.59. The third-order valence-electron chi connectivity index (χ3n) is 3.10.